The summed E-state index contributed by atoms with van der Waals surface area (Å²) < 4.78 is 29.4. The van der Waals surface area contributed by atoms with Crippen molar-refractivity contribution >= 4 is 22.2 Å². The SMILES string of the molecule is Cn1c([C@@H]2CCCN(S(=O)(=O)c3ccccc3)C2)n[nH]c1=S. The van der Waals surface area contributed by atoms with E-state index in [2.05, 4.69) is 10.2 Å². The fraction of sp³-hybridized carbons (Fsp3) is 0.429. The zero-order valence-corrected chi connectivity index (χ0v) is 13.9. The first-order valence-electron chi connectivity index (χ1n) is 7.16. The van der Waals surface area contributed by atoms with Crippen molar-refractivity contribution in [3.63, 3.8) is 0 Å². The number of sulfonamides is 1. The molecule has 1 N–H and O–H groups in total. The summed E-state index contributed by atoms with van der Waals surface area (Å²) in [6.07, 6.45) is 1.73. The Hall–Kier alpha value is -1.51. The summed E-state index contributed by atoms with van der Waals surface area (Å²) in [6, 6.07) is 8.56. The molecule has 0 unspecified atom stereocenters. The number of aromatic nitrogens is 3. The lowest BCUT2D eigenvalue weighted by atomic mass is 9.99. The predicted molar refractivity (Wildman–Crippen MR) is 85.6 cm³/mol. The van der Waals surface area contributed by atoms with Crippen LogP contribution in [0.2, 0.25) is 0 Å². The average Bonchev–Trinajstić information content (AvgIpc) is 2.88. The van der Waals surface area contributed by atoms with E-state index in [1.54, 1.807) is 28.6 Å². The van der Waals surface area contributed by atoms with Gasteiger partial charge in [-0.3, -0.25) is 5.10 Å². The van der Waals surface area contributed by atoms with Gasteiger partial charge in [-0.15, -0.1) is 0 Å². The van der Waals surface area contributed by atoms with Gasteiger partial charge in [0, 0.05) is 26.1 Å². The maximum Gasteiger partial charge on any atom is 0.243 e. The quantitative estimate of drug-likeness (QED) is 0.870. The maximum absolute atomic E-state index is 12.7. The zero-order valence-electron chi connectivity index (χ0n) is 12.3. The maximum atomic E-state index is 12.7. The summed E-state index contributed by atoms with van der Waals surface area (Å²) in [5.74, 6) is 0.878. The molecule has 1 aromatic carbocycles. The minimum atomic E-state index is -3.45. The van der Waals surface area contributed by atoms with Crippen LogP contribution >= 0.6 is 12.2 Å². The third kappa shape index (κ3) is 2.73. The molecule has 8 heteroatoms. The number of nitrogens with one attached hydrogen (secondary N) is 1. The van der Waals surface area contributed by atoms with Crippen LogP contribution in [0.5, 0.6) is 0 Å². The lowest BCUT2D eigenvalue weighted by Gasteiger charge is -2.31. The highest BCUT2D eigenvalue weighted by Crippen LogP contribution is 2.29. The minimum Gasteiger partial charge on any atom is -0.307 e. The second-order valence-corrected chi connectivity index (χ2v) is 7.79. The Morgan fingerprint density at radius 3 is 2.68 bits per heavy atom. The smallest absolute Gasteiger partial charge is 0.243 e. The Bertz CT molecular complexity index is 811. The van der Waals surface area contributed by atoms with Crippen LogP contribution in [0.15, 0.2) is 35.2 Å². The first kappa shape index (κ1) is 15.4. The summed E-state index contributed by atoms with van der Waals surface area (Å²) in [5, 5.41) is 7.02. The van der Waals surface area contributed by atoms with E-state index in [0.717, 1.165) is 18.7 Å². The molecule has 22 heavy (non-hydrogen) atoms. The standard InChI is InChI=1S/C14H18N4O2S2/c1-17-13(15-16-14(17)21)11-6-5-9-18(10-11)22(19,20)12-7-3-2-4-8-12/h2-4,7-8,11H,5-6,9-10H2,1H3,(H,16,21)/t11-/m1/s1. The molecule has 1 saturated heterocycles. The number of benzene rings is 1. The van der Waals surface area contributed by atoms with E-state index in [-0.39, 0.29) is 5.92 Å². The molecule has 1 aliphatic heterocycles. The van der Waals surface area contributed by atoms with Gasteiger partial charge in [-0.25, -0.2) is 8.42 Å². The third-order valence-electron chi connectivity index (χ3n) is 4.04. The number of hydrogen-bond donors (Lipinski definition) is 1. The molecule has 118 valence electrons. The number of hydrogen-bond acceptors (Lipinski definition) is 4. The number of H-pyrrole nitrogens is 1. The van der Waals surface area contributed by atoms with Gasteiger partial charge in [0.1, 0.15) is 5.82 Å². The van der Waals surface area contributed by atoms with Crippen LogP contribution in [0, 0.1) is 4.77 Å². The highest BCUT2D eigenvalue weighted by molar-refractivity contribution is 7.89. The molecular weight excluding hydrogens is 320 g/mol. The lowest BCUT2D eigenvalue weighted by Crippen LogP contribution is -2.39. The molecule has 0 aliphatic carbocycles. The van der Waals surface area contributed by atoms with Crippen molar-refractivity contribution in [1.82, 2.24) is 19.1 Å². The van der Waals surface area contributed by atoms with E-state index in [4.69, 9.17) is 12.2 Å². The van der Waals surface area contributed by atoms with E-state index in [1.165, 1.54) is 0 Å². The largest absolute Gasteiger partial charge is 0.307 e. The molecular formula is C14H18N4O2S2. The van der Waals surface area contributed by atoms with Gasteiger partial charge in [-0.1, -0.05) is 18.2 Å². The van der Waals surface area contributed by atoms with E-state index in [0.29, 0.717) is 22.8 Å². The van der Waals surface area contributed by atoms with Gasteiger partial charge in [0.15, 0.2) is 4.77 Å². The van der Waals surface area contributed by atoms with Crippen molar-refractivity contribution in [2.45, 2.75) is 23.7 Å². The first-order chi connectivity index (χ1) is 10.5. The third-order valence-corrected chi connectivity index (χ3v) is 6.29. The van der Waals surface area contributed by atoms with Gasteiger partial charge in [0.25, 0.3) is 0 Å². The molecule has 0 bridgehead atoms. The molecule has 0 saturated carbocycles. The molecule has 3 rings (SSSR count). The normalized spacial score (nSPS) is 20.1. The summed E-state index contributed by atoms with van der Waals surface area (Å²) in [4.78, 5) is 0.339. The van der Waals surface area contributed by atoms with Gasteiger partial charge in [0.05, 0.1) is 4.90 Å². The molecule has 2 aromatic rings. The minimum absolute atomic E-state index is 0.0604. The number of piperidine rings is 1. The van der Waals surface area contributed by atoms with Crippen molar-refractivity contribution < 1.29 is 8.42 Å². The van der Waals surface area contributed by atoms with Crippen LogP contribution in [0.1, 0.15) is 24.6 Å². The summed E-state index contributed by atoms with van der Waals surface area (Å²) in [6.45, 7) is 0.979. The van der Waals surface area contributed by atoms with Crippen LogP contribution in [-0.4, -0.2) is 40.6 Å². The molecule has 2 heterocycles. The van der Waals surface area contributed by atoms with Crippen molar-refractivity contribution in [1.29, 1.82) is 0 Å². The summed E-state index contributed by atoms with van der Waals surface area (Å²) >= 11 is 5.14. The molecule has 1 atom stereocenters. The molecule has 6 nitrogen and oxygen atoms in total. The van der Waals surface area contributed by atoms with Crippen molar-refractivity contribution in [2.24, 2.45) is 7.05 Å². The first-order valence-corrected chi connectivity index (χ1v) is 9.01. The summed E-state index contributed by atoms with van der Waals surface area (Å²) in [5.41, 5.74) is 0. The zero-order chi connectivity index (χ0) is 15.7. The van der Waals surface area contributed by atoms with Gasteiger partial charge >= 0.3 is 0 Å². The van der Waals surface area contributed by atoms with Crippen LogP contribution in [-0.2, 0) is 17.1 Å². The van der Waals surface area contributed by atoms with Crippen LogP contribution in [0.4, 0.5) is 0 Å². The Morgan fingerprint density at radius 2 is 2.05 bits per heavy atom. The van der Waals surface area contributed by atoms with Gasteiger partial charge < -0.3 is 4.57 Å². The van der Waals surface area contributed by atoms with E-state index in [1.807, 2.05) is 17.7 Å². The Morgan fingerprint density at radius 1 is 1.32 bits per heavy atom. The fourth-order valence-electron chi connectivity index (χ4n) is 2.84. The monoisotopic (exact) mass is 338 g/mol. The second kappa shape index (κ2) is 5.94. The van der Waals surface area contributed by atoms with Crippen molar-refractivity contribution in [2.75, 3.05) is 13.1 Å². The molecule has 0 spiro atoms. The van der Waals surface area contributed by atoms with Crippen LogP contribution in [0.3, 0.4) is 0 Å². The molecule has 0 radical (unpaired) electrons. The average molecular weight is 338 g/mol. The second-order valence-electron chi connectivity index (χ2n) is 5.46. The van der Waals surface area contributed by atoms with Crippen molar-refractivity contribution in [3.05, 3.63) is 40.9 Å². The highest BCUT2D eigenvalue weighted by atomic mass is 32.2. The topological polar surface area (TPSA) is 71.0 Å². The fourth-order valence-corrected chi connectivity index (χ4v) is 4.52. The number of rotatable bonds is 3. The lowest BCUT2D eigenvalue weighted by molar-refractivity contribution is 0.306. The van der Waals surface area contributed by atoms with E-state index in [9.17, 15) is 8.42 Å². The van der Waals surface area contributed by atoms with Gasteiger partial charge in [-0.05, 0) is 37.2 Å². The van der Waals surface area contributed by atoms with Crippen molar-refractivity contribution in [3.8, 4) is 0 Å². The number of aromatic amines is 1. The van der Waals surface area contributed by atoms with E-state index < -0.39 is 10.0 Å². The molecule has 1 fully saturated rings. The van der Waals surface area contributed by atoms with Crippen LogP contribution < -0.4 is 0 Å². The van der Waals surface area contributed by atoms with Crippen LogP contribution in [0.25, 0.3) is 0 Å². The Kier molecular flexibility index (Phi) is 4.16. The summed E-state index contributed by atoms with van der Waals surface area (Å²) in [7, 11) is -1.60. The van der Waals surface area contributed by atoms with Gasteiger partial charge in [0.2, 0.25) is 10.0 Å². The molecule has 1 aliphatic rings. The Balaban J connectivity index is 1.87. The van der Waals surface area contributed by atoms with E-state index >= 15 is 0 Å². The number of nitrogens with zero attached hydrogens (tertiary/aromatic N) is 3. The molecule has 1 aromatic heterocycles. The van der Waals surface area contributed by atoms with Gasteiger partial charge in [-0.2, -0.15) is 9.40 Å². The predicted octanol–water partition coefficient (Wildman–Crippen LogP) is 2.05. The Labute approximate surface area is 134 Å². The molecule has 0 amide bonds. The highest BCUT2D eigenvalue weighted by Gasteiger charge is 2.32.